The van der Waals surface area contributed by atoms with Gasteiger partial charge in [0.1, 0.15) is 11.8 Å². The summed E-state index contributed by atoms with van der Waals surface area (Å²) in [7, 11) is 0. The molecule has 1 rings (SSSR count). The van der Waals surface area contributed by atoms with Gasteiger partial charge in [-0.25, -0.2) is 13.8 Å². The summed E-state index contributed by atoms with van der Waals surface area (Å²) >= 11 is 5.44. The number of nitrogens with two attached hydrogens (primary N) is 1. The average molecular weight is 218 g/mol. The number of pyridine rings is 1. The molecule has 0 aliphatic heterocycles. The maximum absolute atomic E-state index is 12.4. The monoisotopic (exact) mass is 217 g/mol. The van der Waals surface area contributed by atoms with Crippen LogP contribution in [0, 0.1) is 11.3 Å². The number of nitrogen functional groups attached to an aromatic ring is 1. The van der Waals surface area contributed by atoms with Crippen LogP contribution in [0.25, 0.3) is 0 Å². The van der Waals surface area contributed by atoms with Gasteiger partial charge in [0.15, 0.2) is 0 Å². The van der Waals surface area contributed by atoms with Crippen LogP contribution < -0.4 is 5.73 Å². The number of halogens is 3. The molecule has 0 aliphatic carbocycles. The zero-order valence-corrected chi connectivity index (χ0v) is 7.72. The van der Waals surface area contributed by atoms with Gasteiger partial charge >= 0.3 is 0 Å². The van der Waals surface area contributed by atoms with E-state index < -0.39 is 12.0 Å². The lowest BCUT2D eigenvalue weighted by atomic mass is 10.1. The molecule has 0 spiro atoms. The number of nitriles is 1. The maximum Gasteiger partial charge on any atom is 0.265 e. The summed E-state index contributed by atoms with van der Waals surface area (Å²) in [5, 5.41) is 8.51. The normalized spacial score (nSPS) is 10.2. The van der Waals surface area contributed by atoms with Gasteiger partial charge in [-0.3, -0.25) is 0 Å². The summed E-state index contributed by atoms with van der Waals surface area (Å²) < 4.78 is 24.8. The smallest absolute Gasteiger partial charge is 0.265 e. The summed E-state index contributed by atoms with van der Waals surface area (Å²) in [6.07, 6.45) is -2.73. The molecule has 2 N–H and O–H groups in total. The van der Waals surface area contributed by atoms with Crippen LogP contribution in [0.5, 0.6) is 0 Å². The van der Waals surface area contributed by atoms with Crippen LogP contribution in [0.4, 0.5) is 14.5 Å². The molecule has 0 bridgehead atoms. The minimum Gasteiger partial charge on any atom is -0.397 e. The molecule has 0 unspecified atom stereocenters. The van der Waals surface area contributed by atoms with Crippen molar-refractivity contribution in [3.05, 3.63) is 23.0 Å². The third kappa shape index (κ3) is 1.91. The highest BCUT2D eigenvalue weighted by atomic mass is 35.5. The molecule has 6 heteroatoms. The first kappa shape index (κ1) is 10.7. The largest absolute Gasteiger partial charge is 0.397 e. The van der Waals surface area contributed by atoms with E-state index in [1.807, 2.05) is 0 Å². The molecular formula is C8H6ClF2N3. The Morgan fingerprint density at radius 3 is 2.71 bits per heavy atom. The lowest BCUT2D eigenvalue weighted by Crippen LogP contribution is -2.03. The summed E-state index contributed by atoms with van der Waals surface area (Å²) in [6.45, 7) is 0. The fourth-order valence-corrected chi connectivity index (χ4v) is 1.17. The van der Waals surface area contributed by atoms with Crippen LogP contribution in [-0.4, -0.2) is 4.98 Å². The van der Waals surface area contributed by atoms with Crippen molar-refractivity contribution in [2.45, 2.75) is 12.3 Å². The van der Waals surface area contributed by atoms with Crippen molar-refractivity contribution >= 4 is 17.3 Å². The van der Waals surface area contributed by atoms with Gasteiger partial charge in [0.2, 0.25) is 0 Å². The summed E-state index contributed by atoms with van der Waals surface area (Å²) in [4.78, 5) is 3.70. The molecule has 0 saturated heterocycles. The Kier molecular flexibility index (Phi) is 3.20. The second kappa shape index (κ2) is 4.20. The molecule has 1 aromatic rings. The van der Waals surface area contributed by atoms with Crippen molar-refractivity contribution in [2.75, 3.05) is 5.73 Å². The van der Waals surface area contributed by atoms with Gasteiger partial charge in [-0.2, -0.15) is 5.26 Å². The van der Waals surface area contributed by atoms with Crippen LogP contribution in [0.1, 0.15) is 23.4 Å². The Balaban J connectivity index is 3.36. The predicted octanol–water partition coefficient (Wildman–Crippen LogP) is 2.21. The average Bonchev–Trinajstić information content (AvgIpc) is 2.17. The van der Waals surface area contributed by atoms with E-state index in [0.717, 1.165) is 6.07 Å². The minimum absolute atomic E-state index is 0.0962. The topological polar surface area (TPSA) is 62.7 Å². The number of anilines is 1. The second-order valence-corrected chi connectivity index (χ2v) is 2.77. The lowest BCUT2D eigenvalue weighted by Gasteiger charge is -2.07. The van der Waals surface area contributed by atoms with Gasteiger partial charge in [0.05, 0.1) is 17.3 Å². The summed E-state index contributed by atoms with van der Waals surface area (Å²) in [5.74, 6) is -0.0962. The van der Waals surface area contributed by atoms with E-state index in [9.17, 15) is 8.78 Å². The second-order valence-electron chi connectivity index (χ2n) is 2.50. The zero-order valence-electron chi connectivity index (χ0n) is 6.97. The molecule has 1 heterocycles. The van der Waals surface area contributed by atoms with E-state index >= 15 is 0 Å². The van der Waals surface area contributed by atoms with Crippen LogP contribution in [-0.2, 0) is 5.88 Å². The van der Waals surface area contributed by atoms with E-state index in [0.29, 0.717) is 0 Å². The maximum atomic E-state index is 12.4. The van der Waals surface area contributed by atoms with E-state index in [-0.39, 0.29) is 23.0 Å². The third-order valence-electron chi connectivity index (χ3n) is 1.65. The Labute approximate surface area is 84.1 Å². The van der Waals surface area contributed by atoms with E-state index in [1.54, 1.807) is 6.07 Å². The summed E-state index contributed by atoms with van der Waals surface area (Å²) in [6, 6.07) is 2.63. The first-order valence-electron chi connectivity index (χ1n) is 3.63. The molecule has 0 radical (unpaired) electrons. The van der Waals surface area contributed by atoms with E-state index in [2.05, 4.69) is 4.98 Å². The van der Waals surface area contributed by atoms with Crippen LogP contribution in [0.15, 0.2) is 6.07 Å². The number of aromatic nitrogens is 1. The van der Waals surface area contributed by atoms with Gasteiger partial charge in [-0.05, 0) is 6.07 Å². The minimum atomic E-state index is -2.73. The molecule has 3 nitrogen and oxygen atoms in total. The van der Waals surface area contributed by atoms with Crippen molar-refractivity contribution in [1.29, 1.82) is 5.26 Å². The molecule has 0 aliphatic rings. The Bertz CT molecular complexity index is 387. The Hall–Kier alpha value is -1.41. The number of hydrogen-bond acceptors (Lipinski definition) is 3. The van der Waals surface area contributed by atoms with Crippen LogP contribution in [0.3, 0.4) is 0 Å². The molecule has 0 atom stereocenters. The van der Waals surface area contributed by atoms with E-state index in [1.165, 1.54) is 0 Å². The van der Waals surface area contributed by atoms with Crippen molar-refractivity contribution in [3.8, 4) is 6.07 Å². The number of rotatable bonds is 2. The first-order chi connectivity index (χ1) is 6.60. The number of alkyl halides is 3. The molecular weight excluding hydrogens is 212 g/mol. The van der Waals surface area contributed by atoms with Gasteiger partial charge < -0.3 is 5.73 Å². The number of nitrogens with zero attached hydrogens (tertiary/aromatic N) is 2. The highest BCUT2D eigenvalue weighted by molar-refractivity contribution is 6.17. The molecule has 0 fully saturated rings. The highest BCUT2D eigenvalue weighted by Gasteiger charge is 2.16. The predicted molar refractivity (Wildman–Crippen MR) is 47.9 cm³/mol. The Morgan fingerprint density at radius 1 is 1.64 bits per heavy atom. The highest BCUT2D eigenvalue weighted by Crippen LogP contribution is 2.28. The van der Waals surface area contributed by atoms with Gasteiger partial charge in [0.25, 0.3) is 6.43 Å². The fraction of sp³-hybridized carbons (Fsp3) is 0.250. The first-order valence-corrected chi connectivity index (χ1v) is 4.17. The molecule has 0 aromatic carbocycles. The fourth-order valence-electron chi connectivity index (χ4n) is 0.969. The van der Waals surface area contributed by atoms with Gasteiger partial charge in [0, 0.05) is 5.56 Å². The van der Waals surface area contributed by atoms with Crippen LogP contribution >= 0.6 is 11.6 Å². The molecule has 1 aromatic heterocycles. The molecule has 14 heavy (non-hydrogen) atoms. The molecule has 0 amide bonds. The quantitative estimate of drug-likeness (QED) is 0.773. The summed E-state index contributed by atoms with van der Waals surface area (Å²) in [5.41, 5.74) is 4.85. The van der Waals surface area contributed by atoms with Crippen molar-refractivity contribution in [3.63, 3.8) is 0 Å². The van der Waals surface area contributed by atoms with Crippen LogP contribution in [0.2, 0.25) is 0 Å². The van der Waals surface area contributed by atoms with E-state index in [4.69, 9.17) is 22.6 Å². The van der Waals surface area contributed by atoms with Gasteiger partial charge in [-0.15, -0.1) is 11.6 Å². The SMILES string of the molecule is N#Cc1cc(C(F)F)c(N)c(CCl)n1. The molecule has 0 saturated carbocycles. The lowest BCUT2D eigenvalue weighted by molar-refractivity contribution is 0.152. The standard InChI is InChI=1S/C8H6ClF2N3/c9-2-6-7(13)5(8(10)11)1-4(3-12)14-6/h1,8H,2,13H2. The zero-order chi connectivity index (χ0) is 10.7. The van der Waals surface area contributed by atoms with Gasteiger partial charge in [-0.1, -0.05) is 0 Å². The third-order valence-corrected chi connectivity index (χ3v) is 1.90. The molecule has 74 valence electrons. The number of hydrogen-bond donors (Lipinski definition) is 1. The van der Waals surface area contributed by atoms with Crippen molar-refractivity contribution in [1.82, 2.24) is 4.98 Å². The Morgan fingerprint density at radius 2 is 2.29 bits per heavy atom. The van der Waals surface area contributed by atoms with Crippen molar-refractivity contribution < 1.29 is 8.78 Å². The van der Waals surface area contributed by atoms with Crippen molar-refractivity contribution in [2.24, 2.45) is 0 Å².